The molecule has 9 heteroatoms. The number of amides is 1. The highest BCUT2D eigenvalue weighted by molar-refractivity contribution is 6.35. The normalized spacial score (nSPS) is 13.6. The number of carbonyl (C=O) groups excluding carboxylic acids is 2. The zero-order chi connectivity index (χ0) is 21.5. The van der Waals surface area contributed by atoms with Gasteiger partial charge in [-0.1, -0.05) is 23.2 Å². The highest BCUT2D eigenvalue weighted by Gasteiger charge is 2.21. The van der Waals surface area contributed by atoms with E-state index in [0.717, 1.165) is 5.69 Å². The fraction of sp³-hybridized carbons (Fsp3) is 0.333. The van der Waals surface area contributed by atoms with E-state index in [-0.39, 0.29) is 13.2 Å². The summed E-state index contributed by atoms with van der Waals surface area (Å²) < 4.78 is 16.0. The lowest BCUT2D eigenvalue weighted by atomic mass is 10.1. The van der Waals surface area contributed by atoms with Gasteiger partial charge >= 0.3 is 5.97 Å². The zero-order valence-corrected chi connectivity index (χ0v) is 18.0. The molecule has 160 valence electrons. The summed E-state index contributed by atoms with van der Waals surface area (Å²) in [4.78, 5) is 26.9. The molecule has 3 rings (SSSR count). The van der Waals surface area contributed by atoms with Crippen molar-refractivity contribution in [2.24, 2.45) is 0 Å². The SMILES string of the molecule is CCOC(=O)c1cc(NC(=O)COc2ccc(Cl)cc2Cl)ccc1N1CCOCC1. The molecule has 0 saturated carbocycles. The predicted molar refractivity (Wildman–Crippen MR) is 116 cm³/mol. The maximum absolute atomic E-state index is 12.5. The molecule has 0 radical (unpaired) electrons. The number of benzene rings is 2. The molecule has 0 atom stereocenters. The lowest BCUT2D eigenvalue weighted by Gasteiger charge is -2.30. The molecule has 7 nitrogen and oxygen atoms in total. The summed E-state index contributed by atoms with van der Waals surface area (Å²) in [5, 5.41) is 3.52. The predicted octanol–water partition coefficient (Wildman–Crippen LogP) is 4.02. The first-order valence-electron chi connectivity index (χ1n) is 9.49. The lowest BCUT2D eigenvalue weighted by molar-refractivity contribution is -0.118. The van der Waals surface area contributed by atoms with Gasteiger partial charge in [0.2, 0.25) is 0 Å². The van der Waals surface area contributed by atoms with Crippen LogP contribution in [0.5, 0.6) is 5.75 Å². The third-order valence-corrected chi connectivity index (χ3v) is 4.91. The Morgan fingerprint density at radius 3 is 2.60 bits per heavy atom. The first kappa shape index (κ1) is 22.2. The molecule has 1 aliphatic rings. The van der Waals surface area contributed by atoms with Gasteiger partial charge in [0.15, 0.2) is 6.61 Å². The van der Waals surface area contributed by atoms with E-state index in [9.17, 15) is 9.59 Å². The van der Waals surface area contributed by atoms with Crippen molar-refractivity contribution in [1.29, 1.82) is 0 Å². The molecule has 1 aliphatic heterocycles. The number of hydrogen-bond acceptors (Lipinski definition) is 6. The van der Waals surface area contributed by atoms with E-state index in [1.165, 1.54) is 6.07 Å². The van der Waals surface area contributed by atoms with E-state index in [0.29, 0.717) is 53.3 Å². The second-order valence-corrected chi connectivity index (χ2v) is 7.31. The highest BCUT2D eigenvalue weighted by Crippen LogP contribution is 2.28. The minimum absolute atomic E-state index is 0.249. The molecule has 0 bridgehead atoms. The summed E-state index contributed by atoms with van der Waals surface area (Å²) in [7, 11) is 0. The smallest absolute Gasteiger partial charge is 0.340 e. The van der Waals surface area contributed by atoms with E-state index < -0.39 is 11.9 Å². The van der Waals surface area contributed by atoms with Gasteiger partial charge in [-0.3, -0.25) is 4.79 Å². The molecular formula is C21H22Cl2N2O5. The summed E-state index contributed by atoms with van der Waals surface area (Å²) in [5.41, 5.74) is 1.60. The Balaban J connectivity index is 1.70. The van der Waals surface area contributed by atoms with Crippen molar-refractivity contribution < 1.29 is 23.8 Å². The van der Waals surface area contributed by atoms with Crippen molar-refractivity contribution >= 4 is 46.5 Å². The van der Waals surface area contributed by atoms with Crippen LogP contribution in [-0.4, -0.2) is 51.4 Å². The number of nitrogens with zero attached hydrogens (tertiary/aromatic N) is 1. The van der Waals surface area contributed by atoms with Crippen LogP contribution in [0.1, 0.15) is 17.3 Å². The van der Waals surface area contributed by atoms with E-state index in [1.807, 2.05) is 0 Å². The molecule has 0 spiro atoms. The van der Waals surface area contributed by atoms with Gasteiger partial charge in [0.1, 0.15) is 5.75 Å². The van der Waals surface area contributed by atoms with Gasteiger partial charge in [-0.2, -0.15) is 0 Å². The first-order valence-corrected chi connectivity index (χ1v) is 10.2. The van der Waals surface area contributed by atoms with Crippen molar-refractivity contribution in [2.75, 3.05) is 49.7 Å². The Morgan fingerprint density at radius 2 is 1.90 bits per heavy atom. The minimum Gasteiger partial charge on any atom is -0.482 e. The van der Waals surface area contributed by atoms with Crippen molar-refractivity contribution in [3.05, 3.63) is 52.0 Å². The van der Waals surface area contributed by atoms with Gasteiger partial charge in [-0.05, 0) is 43.3 Å². The molecule has 0 aromatic heterocycles. The number of carbonyl (C=O) groups is 2. The van der Waals surface area contributed by atoms with Gasteiger partial charge in [0, 0.05) is 23.8 Å². The van der Waals surface area contributed by atoms with E-state index in [4.69, 9.17) is 37.4 Å². The summed E-state index contributed by atoms with van der Waals surface area (Å²) in [6.45, 7) is 4.28. The van der Waals surface area contributed by atoms with Gasteiger partial charge < -0.3 is 24.4 Å². The molecule has 0 aliphatic carbocycles. The summed E-state index contributed by atoms with van der Waals surface area (Å²) in [6.07, 6.45) is 0. The van der Waals surface area contributed by atoms with Crippen LogP contribution >= 0.6 is 23.2 Å². The quantitative estimate of drug-likeness (QED) is 0.639. The van der Waals surface area contributed by atoms with Crippen LogP contribution in [0.3, 0.4) is 0 Å². The van der Waals surface area contributed by atoms with Gasteiger partial charge in [0.05, 0.1) is 36.1 Å². The molecule has 1 heterocycles. The second-order valence-electron chi connectivity index (χ2n) is 6.46. The number of halogens is 2. The number of morpholine rings is 1. The van der Waals surface area contributed by atoms with Gasteiger partial charge in [-0.25, -0.2) is 4.79 Å². The molecule has 0 unspecified atom stereocenters. The average molecular weight is 453 g/mol. The Kier molecular flexibility index (Phi) is 7.79. The van der Waals surface area contributed by atoms with Gasteiger partial charge in [-0.15, -0.1) is 0 Å². The van der Waals surface area contributed by atoms with Gasteiger partial charge in [0.25, 0.3) is 5.91 Å². The number of nitrogens with one attached hydrogen (secondary N) is 1. The first-order chi connectivity index (χ1) is 14.5. The molecular weight excluding hydrogens is 431 g/mol. The molecule has 30 heavy (non-hydrogen) atoms. The van der Waals surface area contributed by atoms with E-state index >= 15 is 0 Å². The molecule has 2 aromatic rings. The Morgan fingerprint density at radius 1 is 1.13 bits per heavy atom. The fourth-order valence-electron chi connectivity index (χ4n) is 3.00. The molecule has 1 amide bonds. The summed E-state index contributed by atoms with van der Waals surface area (Å²) >= 11 is 11.9. The van der Waals surface area contributed by atoms with Crippen molar-refractivity contribution in [2.45, 2.75) is 6.92 Å². The standard InChI is InChI=1S/C21H22Cl2N2O5/c1-2-29-21(27)16-12-15(4-5-18(16)25-7-9-28-10-8-25)24-20(26)13-30-19-6-3-14(22)11-17(19)23/h3-6,11-12H,2,7-10,13H2,1H3,(H,24,26). The third kappa shape index (κ3) is 5.78. The zero-order valence-electron chi connectivity index (χ0n) is 16.5. The van der Waals surface area contributed by atoms with Crippen LogP contribution in [0.25, 0.3) is 0 Å². The second kappa shape index (κ2) is 10.5. The molecule has 1 saturated heterocycles. The van der Waals surface area contributed by atoms with Crippen molar-refractivity contribution in [3.63, 3.8) is 0 Å². The van der Waals surface area contributed by atoms with E-state index in [2.05, 4.69) is 10.2 Å². The van der Waals surface area contributed by atoms with Crippen LogP contribution < -0.4 is 15.0 Å². The van der Waals surface area contributed by atoms with E-state index in [1.54, 1.807) is 37.3 Å². The Bertz CT molecular complexity index is 916. The Hall–Kier alpha value is -2.48. The lowest BCUT2D eigenvalue weighted by Crippen LogP contribution is -2.37. The highest BCUT2D eigenvalue weighted by atomic mass is 35.5. The minimum atomic E-state index is -0.445. The van der Waals surface area contributed by atoms with Crippen LogP contribution in [0, 0.1) is 0 Å². The monoisotopic (exact) mass is 452 g/mol. The maximum atomic E-state index is 12.5. The molecule has 1 fully saturated rings. The fourth-order valence-corrected chi connectivity index (χ4v) is 3.46. The molecule has 2 aromatic carbocycles. The van der Waals surface area contributed by atoms with Crippen LogP contribution in [-0.2, 0) is 14.3 Å². The van der Waals surface area contributed by atoms with Crippen LogP contribution in [0.15, 0.2) is 36.4 Å². The average Bonchev–Trinajstić information content (AvgIpc) is 2.74. The Labute approximate surface area is 184 Å². The number of ether oxygens (including phenoxy) is 3. The third-order valence-electron chi connectivity index (χ3n) is 4.38. The number of rotatable bonds is 7. The number of anilines is 2. The summed E-state index contributed by atoms with van der Waals surface area (Å²) in [5.74, 6) is -0.486. The van der Waals surface area contributed by atoms with Crippen LogP contribution in [0.4, 0.5) is 11.4 Å². The number of hydrogen-bond donors (Lipinski definition) is 1. The molecule has 1 N–H and O–H groups in total. The number of esters is 1. The van der Waals surface area contributed by atoms with Crippen molar-refractivity contribution in [1.82, 2.24) is 0 Å². The van der Waals surface area contributed by atoms with Crippen molar-refractivity contribution in [3.8, 4) is 5.75 Å². The maximum Gasteiger partial charge on any atom is 0.340 e. The summed E-state index contributed by atoms with van der Waals surface area (Å²) in [6, 6.07) is 9.89. The topological polar surface area (TPSA) is 77.1 Å². The van der Waals surface area contributed by atoms with Crippen LogP contribution in [0.2, 0.25) is 10.0 Å². The largest absolute Gasteiger partial charge is 0.482 e.